The number of rotatable bonds is 4. The van der Waals surface area contributed by atoms with Crippen molar-refractivity contribution in [2.24, 2.45) is 0 Å². The Kier molecular flexibility index (Phi) is 4.77. The van der Waals surface area contributed by atoms with Gasteiger partial charge in [0.1, 0.15) is 11.5 Å². The summed E-state index contributed by atoms with van der Waals surface area (Å²) in [6, 6.07) is 32.6. The van der Waals surface area contributed by atoms with Crippen LogP contribution in [0.5, 0.6) is 11.5 Å². The summed E-state index contributed by atoms with van der Waals surface area (Å²) < 4.78 is 20.4. The monoisotopic (exact) mass is 424 g/mol. The van der Waals surface area contributed by atoms with Crippen LogP contribution in [0.15, 0.2) is 103 Å². The summed E-state index contributed by atoms with van der Waals surface area (Å²) in [6.07, 6.45) is 0. The molecule has 5 aromatic rings. The van der Waals surface area contributed by atoms with E-state index in [4.69, 9.17) is 4.74 Å². The molecule has 0 aliphatic heterocycles. The second kappa shape index (κ2) is 7.61. The minimum absolute atomic E-state index is 0.00884. The van der Waals surface area contributed by atoms with E-state index in [2.05, 4.69) is 0 Å². The van der Waals surface area contributed by atoms with Crippen LogP contribution in [0.2, 0.25) is 0 Å². The summed E-state index contributed by atoms with van der Waals surface area (Å²) in [4.78, 5) is 0. The molecule has 0 aliphatic carbocycles. The molecule has 3 nitrogen and oxygen atoms in total. The third kappa shape index (κ3) is 3.28. The molecule has 0 radical (unpaired) electrons. The molecule has 5 rings (SSSR count). The summed E-state index contributed by atoms with van der Waals surface area (Å²) in [5.74, 6) is 0.542. The second-order valence-corrected chi connectivity index (χ2v) is 10.3. The fraction of sp³-hybridized carbons (Fsp3) is 0.0370. The van der Waals surface area contributed by atoms with Crippen molar-refractivity contribution in [1.82, 2.24) is 0 Å². The summed E-state index contributed by atoms with van der Waals surface area (Å²) in [5, 5.41) is 16.7. The third-order valence-electron chi connectivity index (χ3n) is 5.72. The van der Waals surface area contributed by atoms with Gasteiger partial charge in [-0.15, -0.1) is 0 Å². The number of hydrogen-bond donors (Lipinski definition) is 1. The molecule has 0 atom stereocenters. The molecule has 0 heterocycles. The Morgan fingerprint density at radius 1 is 0.645 bits per heavy atom. The lowest BCUT2D eigenvalue weighted by Crippen LogP contribution is -2.25. The molecule has 4 heteroatoms. The van der Waals surface area contributed by atoms with Crippen molar-refractivity contribution < 1.29 is 14.4 Å². The number of phenols is 1. The van der Waals surface area contributed by atoms with E-state index in [0.717, 1.165) is 21.5 Å². The van der Waals surface area contributed by atoms with E-state index < -0.39 is 7.14 Å². The molecule has 0 amide bonds. The number of fused-ring (bicyclic) bond motifs is 2. The number of methoxy groups -OCH3 is 1. The molecule has 0 aliphatic rings. The van der Waals surface area contributed by atoms with Gasteiger partial charge in [-0.25, -0.2) is 0 Å². The third-order valence-corrected chi connectivity index (χ3v) is 8.76. The lowest BCUT2D eigenvalue weighted by Gasteiger charge is -2.22. The zero-order valence-electron chi connectivity index (χ0n) is 17.0. The van der Waals surface area contributed by atoms with E-state index >= 15 is 0 Å². The van der Waals surface area contributed by atoms with Crippen LogP contribution < -0.4 is 20.7 Å². The second-order valence-electron chi connectivity index (χ2n) is 7.53. The minimum atomic E-state index is -3.39. The molecule has 0 saturated heterocycles. The van der Waals surface area contributed by atoms with Gasteiger partial charge in [0.05, 0.1) is 12.4 Å². The maximum Gasteiger partial charge on any atom is 0.174 e. The normalized spacial score (nSPS) is 11.6. The van der Waals surface area contributed by atoms with Gasteiger partial charge in [-0.3, -0.25) is 0 Å². The predicted octanol–water partition coefficient (Wildman–Crippen LogP) is 5.35. The summed E-state index contributed by atoms with van der Waals surface area (Å²) >= 11 is 0. The van der Waals surface area contributed by atoms with Crippen molar-refractivity contribution >= 4 is 44.6 Å². The average Bonchev–Trinajstić information content (AvgIpc) is 2.83. The SMILES string of the molecule is COc1ccc(O)c(P(=O)(c2ccc3ccccc3c2)c2ccc3ccccc3c2)c1. The van der Waals surface area contributed by atoms with Crippen LogP contribution in [-0.2, 0) is 4.57 Å². The van der Waals surface area contributed by atoms with Gasteiger partial charge in [-0.05, 0) is 51.9 Å². The van der Waals surface area contributed by atoms with E-state index in [-0.39, 0.29) is 5.75 Å². The lowest BCUT2D eigenvalue weighted by molar-refractivity contribution is 0.413. The summed E-state index contributed by atoms with van der Waals surface area (Å²) in [7, 11) is -1.83. The standard InChI is InChI=1S/C27H21O3P/c1-30-23-12-15-26(28)27(18-23)31(29,24-13-10-19-6-2-4-8-21(19)16-24)25-14-11-20-7-3-5-9-22(20)17-25/h2-18,28H,1H3. The molecule has 5 aromatic carbocycles. The molecule has 0 saturated carbocycles. The van der Waals surface area contributed by atoms with Crippen LogP contribution in [0.25, 0.3) is 21.5 Å². The van der Waals surface area contributed by atoms with E-state index in [1.165, 1.54) is 0 Å². The Hall–Kier alpha value is -3.55. The van der Waals surface area contributed by atoms with Gasteiger partial charge in [-0.1, -0.05) is 72.8 Å². The first-order valence-corrected chi connectivity index (χ1v) is 11.8. The van der Waals surface area contributed by atoms with Gasteiger partial charge in [0.25, 0.3) is 0 Å². The largest absolute Gasteiger partial charge is 0.507 e. The highest BCUT2D eigenvalue weighted by molar-refractivity contribution is 7.85. The molecule has 0 bridgehead atoms. The van der Waals surface area contributed by atoms with E-state index in [9.17, 15) is 9.67 Å². The molecule has 152 valence electrons. The molecule has 31 heavy (non-hydrogen) atoms. The van der Waals surface area contributed by atoms with Crippen LogP contribution in [0.1, 0.15) is 0 Å². The zero-order chi connectivity index (χ0) is 21.4. The fourth-order valence-corrected chi connectivity index (χ4v) is 6.83. The van der Waals surface area contributed by atoms with Crippen LogP contribution in [0, 0.1) is 0 Å². The van der Waals surface area contributed by atoms with Crippen LogP contribution in [0.4, 0.5) is 0 Å². The molecular formula is C27H21O3P. The average molecular weight is 424 g/mol. The van der Waals surface area contributed by atoms with Crippen LogP contribution in [0.3, 0.4) is 0 Å². The number of phenolic OH excluding ortho intramolecular Hbond substituents is 1. The van der Waals surface area contributed by atoms with E-state index in [1.807, 2.05) is 84.9 Å². The highest BCUT2D eigenvalue weighted by Crippen LogP contribution is 2.46. The smallest absolute Gasteiger partial charge is 0.174 e. The maximum absolute atomic E-state index is 15.0. The van der Waals surface area contributed by atoms with Gasteiger partial charge < -0.3 is 14.4 Å². The van der Waals surface area contributed by atoms with Crippen molar-refractivity contribution in [2.45, 2.75) is 0 Å². The van der Waals surface area contributed by atoms with Gasteiger partial charge in [0, 0.05) is 10.6 Å². The first kappa shape index (κ1) is 19.4. The summed E-state index contributed by atoms with van der Waals surface area (Å²) in [6.45, 7) is 0. The topological polar surface area (TPSA) is 46.5 Å². The Bertz CT molecular complexity index is 1390. The number of aromatic hydroxyl groups is 1. The van der Waals surface area contributed by atoms with Crippen LogP contribution in [-0.4, -0.2) is 12.2 Å². The Labute approximate surface area is 180 Å². The van der Waals surface area contributed by atoms with Crippen molar-refractivity contribution in [3.8, 4) is 11.5 Å². The Balaban J connectivity index is 1.84. The predicted molar refractivity (Wildman–Crippen MR) is 129 cm³/mol. The van der Waals surface area contributed by atoms with Gasteiger partial charge in [0.15, 0.2) is 7.14 Å². The fourth-order valence-electron chi connectivity index (χ4n) is 4.05. The van der Waals surface area contributed by atoms with Crippen LogP contribution >= 0.6 is 7.14 Å². The minimum Gasteiger partial charge on any atom is -0.507 e. The van der Waals surface area contributed by atoms with Crippen molar-refractivity contribution in [1.29, 1.82) is 0 Å². The quantitative estimate of drug-likeness (QED) is 0.396. The van der Waals surface area contributed by atoms with Crippen molar-refractivity contribution in [3.63, 3.8) is 0 Å². The lowest BCUT2D eigenvalue weighted by atomic mass is 10.1. The maximum atomic E-state index is 15.0. The molecular weight excluding hydrogens is 403 g/mol. The Morgan fingerprint density at radius 3 is 1.68 bits per heavy atom. The molecule has 0 aromatic heterocycles. The number of hydrogen-bond acceptors (Lipinski definition) is 3. The van der Waals surface area contributed by atoms with Gasteiger partial charge in [0.2, 0.25) is 0 Å². The molecule has 1 N–H and O–H groups in total. The molecule has 0 unspecified atom stereocenters. The van der Waals surface area contributed by atoms with Gasteiger partial charge in [-0.2, -0.15) is 0 Å². The highest BCUT2D eigenvalue weighted by atomic mass is 31.2. The van der Waals surface area contributed by atoms with Crippen molar-refractivity contribution in [3.05, 3.63) is 103 Å². The summed E-state index contributed by atoms with van der Waals surface area (Å²) in [5.41, 5.74) is 0. The van der Waals surface area contributed by atoms with E-state index in [0.29, 0.717) is 21.7 Å². The zero-order valence-corrected chi connectivity index (χ0v) is 17.9. The number of benzene rings is 5. The Morgan fingerprint density at radius 2 is 1.16 bits per heavy atom. The number of ether oxygens (including phenoxy) is 1. The molecule has 0 fully saturated rings. The van der Waals surface area contributed by atoms with Crippen molar-refractivity contribution in [2.75, 3.05) is 7.11 Å². The van der Waals surface area contributed by atoms with E-state index in [1.54, 1.807) is 25.3 Å². The van der Waals surface area contributed by atoms with Gasteiger partial charge >= 0.3 is 0 Å². The first-order chi connectivity index (χ1) is 15.1. The molecule has 0 spiro atoms. The highest BCUT2D eigenvalue weighted by Gasteiger charge is 2.33. The first-order valence-electron chi connectivity index (χ1n) is 10.1.